The highest BCUT2D eigenvalue weighted by molar-refractivity contribution is 5.92. The molecular formula is C20H24FN5O. The third-order valence-electron chi connectivity index (χ3n) is 5.30. The quantitative estimate of drug-likeness (QED) is 0.897. The van der Waals surface area contributed by atoms with Crippen molar-refractivity contribution in [2.75, 3.05) is 32.0 Å². The molecule has 7 heteroatoms. The zero-order chi connectivity index (χ0) is 18.8. The summed E-state index contributed by atoms with van der Waals surface area (Å²) in [6, 6.07) is 6.26. The normalized spacial score (nSPS) is 20.4. The van der Waals surface area contributed by atoms with E-state index >= 15 is 0 Å². The summed E-state index contributed by atoms with van der Waals surface area (Å²) in [5.41, 5.74) is 2.53. The van der Waals surface area contributed by atoms with Gasteiger partial charge in [-0.1, -0.05) is 12.1 Å². The predicted octanol–water partition coefficient (Wildman–Crippen LogP) is 2.38. The van der Waals surface area contributed by atoms with E-state index in [0.717, 1.165) is 50.4 Å². The molecule has 3 heterocycles. The molecule has 1 N–H and O–H groups in total. The Morgan fingerprint density at radius 3 is 3.04 bits per heavy atom. The number of rotatable bonds is 4. The van der Waals surface area contributed by atoms with Crippen molar-refractivity contribution in [2.45, 2.75) is 31.8 Å². The Labute approximate surface area is 158 Å². The summed E-state index contributed by atoms with van der Waals surface area (Å²) in [6.07, 6.45) is 4.80. The highest BCUT2D eigenvalue weighted by Gasteiger charge is 2.30. The molecule has 1 amide bonds. The monoisotopic (exact) mass is 369 g/mol. The number of carbonyl (C=O) groups is 1. The maximum absolute atomic E-state index is 13.7. The van der Waals surface area contributed by atoms with E-state index in [1.807, 2.05) is 6.20 Å². The molecule has 2 aromatic rings. The second-order valence-electron chi connectivity index (χ2n) is 7.34. The van der Waals surface area contributed by atoms with Gasteiger partial charge in [0.2, 0.25) is 5.91 Å². The first-order chi connectivity index (χ1) is 13.1. The Bertz CT molecular complexity index is 843. The number of hydrogen-bond donors (Lipinski definition) is 1. The lowest BCUT2D eigenvalue weighted by Crippen LogP contribution is -2.34. The fourth-order valence-electron chi connectivity index (χ4n) is 3.88. The van der Waals surface area contributed by atoms with Gasteiger partial charge in [-0.2, -0.15) is 0 Å². The fraction of sp³-hybridized carbons (Fsp3) is 0.450. The largest absolute Gasteiger partial charge is 0.322 e. The van der Waals surface area contributed by atoms with E-state index in [1.165, 1.54) is 11.6 Å². The van der Waals surface area contributed by atoms with Crippen LogP contribution in [0.5, 0.6) is 0 Å². The van der Waals surface area contributed by atoms with Crippen LogP contribution in [0.1, 0.15) is 36.0 Å². The molecule has 0 aliphatic carbocycles. The molecule has 4 rings (SSSR count). The SMILES string of the molecule is CN1CCc2nc(C3CCCN3CC(=O)Nc3ccccc3F)ncc2C1. The topological polar surface area (TPSA) is 61.4 Å². The molecule has 142 valence electrons. The number of benzene rings is 1. The molecule has 6 nitrogen and oxygen atoms in total. The minimum atomic E-state index is -0.424. The third kappa shape index (κ3) is 3.99. The van der Waals surface area contributed by atoms with E-state index in [4.69, 9.17) is 4.98 Å². The summed E-state index contributed by atoms with van der Waals surface area (Å²) < 4.78 is 13.7. The van der Waals surface area contributed by atoms with Gasteiger partial charge in [-0.15, -0.1) is 0 Å². The van der Waals surface area contributed by atoms with Crippen LogP contribution in [0.3, 0.4) is 0 Å². The van der Waals surface area contributed by atoms with Gasteiger partial charge in [0.1, 0.15) is 11.6 Å². The molecule has 1 fully saturated rings. The number of halogens is 1. The molecule has 2 aliphatic rings. The van der Waals surface area contributed by atoms with Crippen LogP contribution in [0, 0.1) is 5.82 Å². The van der Waals surface area contributed by atoms with Crippen molar-refractivity contribution in [1.29, 1.82) is 0 Å². The lowest BCUT2D eigenvalue weighted by atomic mass is 10.1. The molecule has 0 spiro atoms. The molecule has 0 bridgehead atoms. The highest BCUT2D eigenvalue weighted by Crippen LogP contribution is 2.30. The second-order valence-corrected chi connectivity index (χ2v) is 7.34. The third-order valence-corrected chi connectivity index (χ3v) is 5.30. The zero-order valence-corrected chi connectivity index (χ0v) is 15.5. The molecule has 1 unspecified atom stereocenters. The van der Waals surface area contributed by atoms with Crippen LogP contribution in [-0.2, 0) is 17.8 Å². The van der Waals surface area contributed by atoms with Crippen LogP contribution < -0.4 is 5.32 Å². The Hall–Kier alpha value is -2.38. The van der Waals surface area contributed by atoms with Crippen LogP contribution in [0.2, 0.25) is 0 Å². The van der Waals surface area contributed by atoms with Crippen molar-refractivity contribution in [3.63, 3.8) is 0 Å². The molecule has 2 aliphatic heterocycles. The van der Waals surface area contributed by atoms with Gasteiger partial charge in [0, 0.05) is 37.0 Å². The van der Waals surface area contributed by atoms with Gasteiger partial charge in [0.15, 0.2) is 0 Å². The first-order valence-electron chi connectivity index (χ1n) is 9.42. The van der Waals surface area contributed by atoms with Gasteiger partial charge in [-0.05, 0) is 38.6 Å². The molecule has 1 atom stereocenters. The van der Waals surface area contributed by atoms with Gasteiger partial charge in [-0.25, -0.2) is 14.4 Å². The van der Waals surface area contributed by atoms with Crippen LogP contribution >= 0.6 is 0 Å². The van der Waals surface area contributed by atoms with E-state index < -0.39 is 5.82 Å². The van der Waals surface area contributed by atoms with Crippen molar-refractivity contribution in [2.24, 2.45) is 0 Å². The Morgan fingerprint density at radius 2 is 2.19 bits per heavy atom. The summed E-state index contributed by atoms with van der Waals surface area (Å²) in [7, 11) is 2.10. The summed E-state index contributed by atoms with van der Waals surface area (Å²) in [5, 5.41) is 2.66. The van der Waals surface area contributed by atoms with Crippen LogP contribution in [0.4, 0.5) is 10.1 Å². The summed E-state index contributed by atoms with van der Waals surface area (Å²) in [5.74, 6) is 0.160. The van der Waals surface area contributed by atoms with E-state index in [-0.39, 0.29) is 24.2 Å². The van der Waals surface area contributed by atoms with Crippen LogP contribution in [0.25, 0.3) is 0 Å². The number of anilines is 1. The van der Waals surface area contributed by atoms with E-state index in [2.05, 4.69) is 27.1 Å². The maximum Gasteiger partial charge on any atom is 0.238 e. The number of likely N-dealkylation sites (tertiary alicyclic amines) is 1. The molecule has 1 aromatic heterocycles. The molecule has 1 saturated heterocycles. The van der Waals surface area contributed by atoms with Gasteiger partial charge in [0.05, 0.1) is 18.3 Å². The Balaban J connectivity index is 1.45. The zero-order valence-electron chi connectivity index (χ0n) is 15.5. The van der Waals surface area contributed by atoms with Gasteiger partial charge in [-0.3, -0.25) is 9.69 Å². The van der Waals surface area contributed by atoms with E-state index in [9.17, 15) is 9.18 Å². The summed E-state index contributed by atoms with van der Waals surface area (Å²) in [4.78, 5) is 26.2. The molecular weight excluding hydrogens is 345 g/mol. The fourth-order valence-corrected chi connectivity index (χ4v) is 3.88. The minimum absolute atomic E-state index is 0.0429. The number of para-hydroxylation sites is 1. The Kier molecular flexibility index (Phi) is 5.13. The number of nitrogens with one attached hydrogen (secondary N) is 1. The first-order valence-corrected chi connectivity index (χ1v) is 9.42. The molecule has 1 aromatic carbocycles. The minimum Gasteiger partial charge on any atom is -0.322 e. The first kappa shape index (κ1) is 18.0. The van der Waals surface area contributed by atoms with E-state index in [1.54, 1.807) is 18.2 Å². The molecule has 0 radical (unpaired) electrons. The number of aromatic nitrogens is 2. The van der Waals surface area contributed by atoms with Crippen molar-refractivity contribution < 1.29 is 9.18 Å². The standard InChI is InChI=1S/C20H24FN5O/c1-25-10-8-16-14(12-25)11-22-20(24-16)18-7-4-9-26(18)13-19(27)23-17-6-3-2-5-15(17)21/h2-3,5-6,11,18H,4,7-10,12-13H2,1H3,(H,23,27). The predicted molar refractivity (Wildman–Crippen MR) is 101 cm³/mol. The van der Waals surface area contributed by atoms with Crippen molar-refractivity contribution in [1.82, 2.24) is 19.8 Å². The average Bonchev–Trinajstić information content (AvgIpc) is 3.11. The van der Waals surface area contributed by atoms with Crippen molar-refractivity contribution in [3.05, 3.63) is 53.4 Å². The van der Waals surface area contributed by atoms with Gasteiger partial charge >= 0.3 is 0 Å². The number of carbonyl (C=O) groups excluding carboxylic acids is 1. The Morgan fingerprint density at radius 1 is 1.33 bits per heavy atom. The number of hydrogen-bond acceptors (Lipinski definition) is 5. The second kappa shape index (κ2) is 7.70. The summed E-state index contributed by atoms with van der Waals surface area (Å²) >= 11 is 0. The summed E-state index contributed by atoms with van der Waals surface area (Å²) in [6.45, 7) is 2.92. The maximum atomic E-state index is 13.7. The van der Waals surface area contributed by atoms with E-state index in [0.29, 0.717) is 0 Å². The average molecular weight is 369 g/mol. The molecule has 27 heavy (non-hydrogen) atoms. The van der Waals surface area contributed by atoms with Crippen LogP contribution in [-0.4, -0.2) is 52.4 Å². The highest BCUT2D eigenvalue weighted by atomic mass is 19.1. The smallest absolute Gasteiger partial charge is 0.238 e. The number of fused-ring (bicyclic) bond motifs is 1. The van der Waals surface area contributed by atoms with Crippen molar-refractivity contribution >= 4 is 11.6 Å². The number of nitrogens with zero attached hydrogens (tertiary/aromatic N) is 4. The number of amides is 1. The lowest BCUT2D eigenvalue weighted by molar-refractivity contribution is -0.117. The lowest BCUT2D eigenvalue weighted by Gasteiger charge is -2.26. The van der Waals surface area contributed by atoms with Gasteiger partial charge < -0.3 is 10.2 Å². The van der Waals surface area contributed by atoms with Gasteiger partial charge in [0.25, 0.3) is 0 Å². The molecule has 0 saturated carbocycles. The number of likely N-dealkylation sites (N-methyl/N-ethyl adjacent to an activating group) is 1. The van der Waals surface area contributed by atoms with Crippen molar-refractivity contribution in [3.8, 4) is 0 Å². The van der Waals surface area contributed by atoms with Crippen LogP contribution in [0.15, 0.2) is 30.5 Å².